The van der Waals surface area contributed by atoms with Crippen LogP contribution in [0.5, 0.6) is 0 Å². The Bertz CT molecular complexity index is 1010. The second kappa shape index (κ2) is 11.3. The maximum Gasteiger partial charge on any atom is 0.416 e. The summed E-state index contributed by atoms with van der Waals surface area (Å²) in [4.78, 5) is 25.3. The SMILES string of the molecule is CC.O=[NH+]c1ccc(SC2=CC=CCC=C2)c(C(=O)Nc2ccc(C(F)(F)F)cc2)c1. The van der Waals surface area contributed by atoms with Crippen LogP contribution in [0, 0.1) is 4.91 Å². The zero-order valence-electron chi connectivity index (χ0n) is 17.0. The summed E-state index contributed by atoms with van der Waals surface area (Å²) >= 11 is 1.35. The summed E-state index contributed by atoms with van der Waals surface area (Å²) in [5, 5.41) is 4.32. The highest BCUT2D eigenvalue weighted by Crippen LogP contribution is 2.33. The molecule has 0 saturated heterocycles. The zero-order valence-corrected chi connectivity index (χ0v) is 17.8. The Labute approximate surface area is 182 Å². The van der Waals surface area contributed by atoms with Gasteiger partial charge in [0.1, 0.15) is 0 Å². The molecular weight excluding hydrogens is 425 g/mol. The first-order valence-electron chi connectivity index (χ1n) is 9.59. The van der Waals surface area contributed by atoms with Crippen molar-refractivity contribution in [2.45, 2.75) is 31.3 Å². The van der Waals surface area contributed by atoms with E-state index < -0.39 is 17.6 Å². The van der Waals surface area contributed by atoms with Gasteiger partial charge in [-0.3, -0.25) is 4.79 Å². The van der Waals surface area contributed by atoms with E-state index in [4.69, 9.17) is 0 Å². The molecule has 2 N–H and O–H groups in total. The first-order chi connectivity index (χ1) is 14.9. The molecular formula is C23H22F3N2O2S+. The molecule has 0 unspecified atom stereocenters. The fourth-order valence-electron chi connectivity index (χ4n) is 2.56. The monoisotopic (exact) mass is 447 g/mol. The van der Waals surface area contributed by atoms with Crippen LogP contribution in [-0.2, 0) is 6.18 Å². The standard InChI is InChI=1S/C21H15F3N2O2S.C2H6/c22-21(23,24)14-7-9-15(10-8-14)25-20(27)18-13-16(26-28)11-12-19(18)29-17-5-3-1-2-4-6-17;1-2/h1,3-13H,2H2,(H,25,27);1-2H3/p+1. The lowest BCUT2D eigenvalue weighted by Gasteiger charge is -2.11. The molecule has 0 bridgehead atoms. The number of allylic oxidation sites excluding steroid dienone is 5. The predicted octanol–water partition coefficient (Wildman–Crippen LogP) is 5.95. The lowest BCUT2D eigenvalue weighted by molar-refractivity contribution is -0.379. The van der Waals surface area contributed by atoms with E-state index >= 15 is 0 Å². The smallest absolute Gasteiger partial charge is 0.322 e. The summed E-state index contributed by atoms with van der Waals surface area (Å²) in [6.07, 6.45) is 6.09. The summed E-state index contributed by atoms with van der Waals surface area (Å²) in [5.74, 6) is -0.530. The van der Waals surface area contributed by atoms with Crippen molar-refractivity contribution in [3.8, 4) is 0 Å². The second-order valence-electron chi connectivity index (χ2n) is 6.08. The van der Waals surface area contributed by atoms with Gasteiger partial charge < -0.3 is 5.32 Å². The average Bonchev–Trinajstić information content (AvgIpc) is 3.04. The van der Waals surface area contributed by atoms with Crippen LogP contribution in [-0.4, -0.2) is 5.91 Å². The summed E-state index contributed by atoms with van der Waals surface area (Å²) in [7, 11) is 0. The highest BCUT2D eigenvalue weighted by atomic mass is 32.2. The van der Waals surface area contributed by atoms with Crippen molar-refractivity contribution in [1.29, 1.82) is 0 Å². The third-order valence-corrected chi connectivity index (χ3v) is 5.07. The van der Waals surface area contributed by atoms with Crippen LogP contribution < -0.4 is 10.5 Å². The van der Waals surface area contributed by atoms with Crippen LogP contribution in [0.2, 0.25) is 0 Å². The molecule has 0 aromatic heterocycles. The normalized spacial score (nSPS) is 12.9. The van der Waals surface area contributed by atoms with Crippen LogP contribution >= 0.6 is 11.8 Å². The van der Waals surface area contributed by atoms with Gasteiger partial charge in [0.15, 0.2) is 0 Å². The summed E-state index contributed by atoms with van der Waals surface area (Å²) in [6, 6.07) is 8.78. The first-order valence-corrected chi connectivity index (χ1v) is 10.4. The molecule has 31 heavy (non-hydrogen) atoms. The Kier molecular flexibility index (Phi) is 8.81. The van der Waals surface area contributed by atoms with Gasteiger partial charge >= 0.3 is 6.18 Å². The number of hydrogen-bond donors (Lipinski definition) is 2. The highest BCUT2D eigenvalue weighted by Gasteiger charge is 2.30. The lowest BCUT2D eigenvalue weighted by Crippen LogP contribution is -2.55. The van der Waals surface area contributed by atoms with E-state index in [0.29, 0.717) is 4.90 Å². The Morgan fingerprint density at radius 2 is 1.77 bits per heavy atom. The Balaban J connectivity index is 0.00000166. The van der Waals surface area contributed by atoms with E-state index in [9.17, 15) is 22.9 Å². The molecule has 1 aliphatic carbocycles. The van der Waals surface area contributed by atoms with Gasteiger partial charge in [-0.15, -0.1) is 0 Å². The number of hydrogen-bond acceptors (Lipinski definition) is 3. The number of carbonyl (C=O) groups excluding carboxylic acids is 1. The molecule has 0 fully saturated rings. The Morgan fingerprint density at radius 1 is 1.06 bits per heavy atom. The number of nitrogens with one attached hydrogen (secondary N) is 2. The summed E-state index contributed by atoms with van der Waals surface area (Å²) in [6.45, 7) is 4.00. The van der Waals surface area contributed by atoms with Crippen LogP contribution in [0.1, 0.15) is 36.2 Å². The third-order valence-electron chi connectivity index (χ3n) is 3.99. The molecule has 0 heterocycles. The lowest BCUT2D eigenvalue weighted by atomic mass is 10.1. The van der Waals surface area contributed by atoms with Crippen molar-refractivity contribution in [3.05, 3.63) is 93.8 Å². The van der Waals surface area contributed by atoms with E-state index in [1.165, 1.54) is 30.0 Å². The van der Waals surface area contributed by atoms with Gasteiger partial charge in [-0.25, -0.2) is 0 Å². The maximum absolute atomic E-state index is 12.8. The van der Waals surface area contributed by atoms with Gasteiger partial charge in [0.05, 0.1) is 11.1 Å². The van der Waals surface area contributed by atoms with E-state index in [1.54, 1.807) is 17.3 Å². The minimum absolute atomic E-state index is 0.206. The van der Waals surface area contributed by atoms with E-state index in [-0.39, 0.29) is 16.9 Å². The molecule has 0 radical (unpaired) electrons. The molecule has 0 saturated carbocycles. The van der Waals surface area contributed by atoms with Crippen molar-refractivity contribution < 1.29 is 23.1 Å². The fraction of sp³-hybridized carbons (Fsp3) is 0.174. The maximum atomic E-state index is 12.8. The first kappa shape index (κ1) is 24.1. The predicted molar refractivity (Wildman–Crippen MR) is 118 cm³/mol. The third kappa shape index (κ3) is 6.96. The topological polar surface area (TPSA) is 60.1 Å². The van der Waals surface area contributed by atoms with Gasteiger partial charge in [0.25, 0.3) is 11.6 Å². The largest absolute Gasteiger partial charge is 0.416 e. The van der Waals surface area contributed by atoms with E-state index in [0.717, 1.165) is 23.5 Å². The van der Waals surface area contributed by atoms with Crippen LogP contribution in [0.3, 0.4) is 0 Å². The second-order valence-corrected chi connectivity index (χ2v) is 7.19. The van der Waals surface area contributed by atoms with Crippen LogP contribution in [0.25, 0.3) is 0 Å². The van der Waals surface area contributed by atoms with Crippen molar-refractivity contribution in [2.24, 2.45) is 0 Å². The van der Waals surface area contributed by atoms with Crippen molar-refractivity contribution in [3.63, 3.8) is 0 Å². The minimum atomic E-state index is -4.45. The van der Waals surface area contributed by atoms with Gasteiger partial charge in [0, 0.05) is 37.7 Å². The number of carbonyl (C=O) groups is 1. The molecule has 2 aromatic rings. The molecule has 0 aliphatic heterocycles. The molecule has 3 rings (SSSR count). The van der Waals surface area contributed by atoms with Gasteiger partial charge in [-0.05, 0) is 42.8 Å². The molecule has 0 atom stereocenters. The molecule has 8 heteroatoms. The van der Waals surface area contributed by atoms with Gasteiger partial charge in [-0.2, -0.15) is 13.2 Å². The number of alkyl halides is 3. The van der Waals surface area contributed by atoms with E-state index in [1.807, 2.05) is 44.2 Å². The molecule has 1 aliphatic rings. The minimum Gasteiger partial charge on any atom is -0.322 e. The molecule has 162 valence electrons. The number of amides is 1. The Morgan fingerprint density at radius 3 is 2.42 bits per heavy atom. The fourth-order valence-corrected chi connectivity index (χ4v) is 3.52. The number of halogens is 3. The van der Waals surface area contributed by atoms with E-state index in [2.05, 4.69) is 5.32 Å². The molecule has 4 nitrogen and oxygen atoms in total. The highest BCUT2D eigenvalue weighted by molar-refractivity contribution is 8.03. The number of rotatable bonds is 5. The average molecular weight is 448 g/mol. The van der Waals surface area contributed by atoms with Crippen molar-refractivity contribution >= 4 is 29.0 Å². The molecule has 2 aromatic carbocycles. The van der Waals surface area contributed by atoms with Gasteiger partial charge in [0.2, 0.25) is 0 Å². The van der Waals surface area contributed by atoms with Gasteiger partial charge in [-0.1, -0.05) is 49.9 Å². The quantitative estimate of drug-likeness (QED) is 0.595. The molecule has 0 spiro atoms. The van der Waals surface area contributed by atoms with Crippen LogP contribution in [0.4, 0.5) is 24.5 Å². The summed E-state index contributed by atoms with van der Waals surface area (Å²) < 4.78 is 38.1. The number of nitroso groups, excluding NO2 is 1. The molecule has 1 amide bonds. The van der Waals surface area contributed by atoms with Crippen molar-refractivity contribution in [2.75, 3.05) is 5.32 Å². The zero-order chi connectivity index (χ0) is 22.9. The number of anilines is 1. The summed E-state index contributed by atoms with van der Waals surface area (Å²) in [5.41, 5.74) is -0.143. The Hall–Kier alpha value is -3.13. The number of benzene rings is 2. The van der Waals surface area contributed by atoms with Crippen LogP contribution in [0.15, 0.2) is 82.6 Å². The van der Waals surface area contributed by atoms with Crippen molar-refractivity contribution in [1.82, 2.24) is 0 Å². The number of thioether (sulfide) groups is 1.